The van der Waals surface area contributed by atoms with Crippen LogP contribution in [-0.4, -0.2) is 0 Å². The normalized spacial score (nSPS) is 14.0. The summed E-state index contributed by atoms with van der Waals surface area (Å²) in [5, 5.41) is 4.36. The van der Waals surface area contributed by atoms with Crippen molar-refractivity contribution in [3.8, 4) is 0 Å². The molecule has 1 aliphatic heterocycles. The SMILES string of the molecule is c1scc2c1S2. The van der Waals surface area contributed by atoms with Gasteiger partial charge in [0.2, 0.25) is 0 Å². The molecule has 2 heteroatoms. The summed E-state index contributed by atoms with van der Waals surface area (Å²) in [7, 11) is 0. The quantitative estimate of drug-likeness (QED) is 0.473. The summed E-state index contributed by atoms with van der Waals surface area (Å²) in [4.78, 5) is 2.97. The average Bonchev–Trinajstić information content (AvgIpc) is 2.17. The Kier molecular flexibility index (Phi) is 0.424. The van der Waals surface area contributed by atoms with Gasteiger partial charge in [0.15, 0.2) is 0 Å². The smallest absolute Gasteiger partial charge is 0.0369 e. The predicted molar refractivity (Wildman–Crippen MR) is 28.4 cm³/mol. The summed E-state index contributed by atoms with van der Waals surface area (Å²) < 4.78 is 0. The Balaban J connectivity index is 2.88. The lowest BCUT2D eigenvalue weighted by atomic mass is 10.7. The summed E-state index contributed by atoms with van der Waals surface area (Å²) >= 11 is 3.67. The van der Waals surface area contributed by atoms with Crippen molar-refractivity contribution in [1.82, 2.24) is 0 Å². The van der Waals surface area contributed by atoms with E-state index in [-0.39, 0.29) is 0 Å². The highest BCUT2D eigenvalue weighted by Gasteiger charge is 2.17. The molecule has 30 valence electrons. The molecule has 0 aliphatic carbocycles. The van der Waals surface area contributed by atoms with E-state index in [1.54, 1.807) is 11.3 Å². The largest absolute Gasteiger partial charge is 0.150 e. The van der Waals surface area contributed by atoms with Crippen LogP contribution in [0.3, 0.4) is 0 Å². The van der Waals surface area contributed by atoms with Gasteiger partial charge in [0.1, 0.15) is 0 Å². The number of hydrogen-bond acceptors (Lipinski definition) is 2. The summed E-state index contributed by atoms with van der Waals surface area (Å²) in [6, 6.07) is 0. The zero-order valence-electron chi connectivity index (χ0n) is 2.97. The Bertz CT molecular complexity index is 149. The van der Waals surface area contributed by atoms with Gasteiger partial charge in [-0.3, -0.25) is 0 Å². The first kappa shape index (κ1) is 3.10. The fraction of sp³-hybridized carbons (Fsp3) is 0. The number of hydrogen-bond donors (Lipinski definition) is 0. The standard InChI is InChI=1S/C4H2S2/c1-3-4(6-3)2-5-1/h1-2H. The van der Waals surface area contributed by atoms with Crippen LogP contribution in [0, 0.1) is 0 Å². The monoisotopic (exact) mass is 114 g/mol. The van der Waals surface area contributed by atoms with E-state index in [4.69, 9.17) is 0 Å². The topological polar surface area (TPSA) is 0 Å². The van der Waals surface area contributed by atoms with Gasteiger partial charge < -0.3 is 0 Å². The van der Waals surface area contributed by atoms with E-state index in [2.05, 4.69) is 10.8 Å². The lowest BCUT2D eigenvalue weighted by Crippen LogP contribution is -1.18. The Morgan fingerprint density at radius 3 is 2.00 bits per heavy atom. The van der Waals surface area contributed by atoms with Gasteiger partial charge in [-0.1, -0.05) is 11.8 Å². The van der Waals surface area contributed by atoms with Gasteiger partial charge in [-0.05, 0) is 0 Å². The van der Waals surface area contributed by atoms with E-state index in [0.29, 0.717) is 0 Å². The van der Waals surface area contributed by atoms with E-state index in [1.165, 1.54) is 9.79 Å². The summed E-state index contributed by atoms with van der Waals surface area (Å²) in [6.45, 7) is 0. The highest BCUT2D eigenvalue weighted by atomic mass is 32.2. The lowest BCUT2D eigenvalue weighted by molar-refractivity contribution is 1.50. The summed E-state index contributed by atoms with van der Waals surface area (Å²) in [5.74, 6) is 0. The van der Waals surface area contributed by atoms with Crippen LogP contribution in [0.5, 0.6) is 0 Å². The molecule has 0 saturated carbocycles. The zero-order valence-corrected chi connectivity index (χ0v) is 4.60. The Morgan fingerprint density at radius 1 is 1.17 bits per heavy atom. The molecule has 0 aromatic carbocycles. The van der Waals surface area contributed by atoms with E-state index < -0.39 is 0 Å². The van der Waals surface area contributed by atoms with Crippen molar-refractivity contribution in [2.45, 2.75) is 9.79 Å². The molecule has 2 heterocycles. The molecule has 0 amide bonds. The van der Waals surface area contributed by atoms with Crippen LogP contribution in [0.4, 0.5) is 0 Å². The molecule has 1 aromatic heterocycles. The third kappa shape index (κ3) is 0.259. The molecule has 0 unspecified atom stereocenters. The number of rotatable bonds is 0. The van der Waals surface area contributed by atoms with Gasteiger partial charge in [-0.2, -0.15) is 11.3 Å². The molecule has 6 heavy (non-hydrogen) atoms. The van der Waals surface area contributed by atoms with Gasteiger partial charge in [0, 0.05) is 20.6 Å². The molecular formula is C4H2S2. The Morgan fingerprint density at radius 2 is 1.83 bits per heavy atom. The molecular weight excluding hydrogens is 112 g/mol. The van der Waals surface area contributed by atoms with Gasteiger partial charge >= 0.3 is 0 Å². The van der Waals surface area contributed by atoms with Crippen molar-refractivity contribution in [3.63, 3.8) is 0 Å². The maximum atomic E-state index is 2.18. The van der Waals surface area contributed by atoms with E-state index in [0.717, 1.165) is 0 Å². The van der Waals surface area contributed by atoms with E-state index >= 15 is 0 Å². The van der Waals surface area contributed by atoms with Crippen molar-refractivity contribution >= 4 is 23.1 Å². The molecule has 0 fully saturated rings. The molecule has 0 N–H and O–H groups in total. The van der Waals surface area contributed by atoms with Gasteiger partial charge in [-0.15, -0.1) is 0 Å². The van der Waals surface area contributed by atoms with Crippen LogP contribution in [0.1, 0.15) is 0 Å². The second-order valence-electron chi connectivity index (χ2n) is 1.20. The maximum Gasteiger partial charge on any atom is 0.0369 e. The summed E-state index contributed by atoms with van der Waals surface area (Å²) in [5.41, 5.74) is 0. The van der Waals surface area contributed by atoms with Crippen molar-refractivity contribution in [3.05, 3.63) is 10.8 Å². The molecule has 0 saturated heterocycles. The van der Waals surface area contributed by atoms with E-state index in [9.17, 15) is 0 Å². The fourth-order valence-corrected chi connectivity index (χ4v) is 2.16. The summed E-state index contributed by atoms with van der Waals surface area (Å²) in [6.07, 6.45) is 0. The first-order valence-corrected chi connectivity index (χ1v) is 3.47. The molecule has 1 aliphatic rings. The average molecular weight is 114 g/mol. The van der Waals surface area contributed by atoms with Gasteiger partial charge in [-0.25, -0.2) is 0 Å². The highest BCUT2D eigenvalue weighted by Crippen LogP contribution is 2.50. The molecule has 0 spiro atoms. The number of fused-ring (bicyclic) bond motifs is 1. The minimum Gasteiger partial charge on any atom is -0.150 e. The molecule has 0 atom stereocenters. The van der Waals surface area contributed by atoms with Crippen LogP contribution in [0.15, 0.2) is 20.6 Å². The highest BCUT2D eigenvalue weighted by molar-refractivity contribution is 8.05. The van der Waals surface area contributed by atoms with Crippen molar-refractivity contribution in [2.24, 2.45) is 0 Å². The number of thiophene rings is 1. The molecule has 0 nitrogen and oxygen atoms in total. The first-order chi connectivity index (χ1) is 2.97. The van der Waals surface area contributed by atoms with Crippen molar-refractivity contribution < 1.29 is 0 Å². The van der Waals surface area contributed by atoms with Gasteiger partial charge in [0.25, 0.3) is 0 Å². The van der Waals surface area contributed by atoms with Crippen molar-refractivity contribution in [1.29, 1.82) is 0 Å². The minimum atomic E-state index is 1.49. The Labute approximate surface area is 44.2 Å². The second kappa shape index (κ2) is 0.820. The predicted octanol–water partition coefficient (Wildman–Crippen LogP) is 2.21. The van der Waals surface area contributed by atoms with Crippen molar-refractivity contribution in [2.75, 3.05) is 0 Å². The van der Waals surface area contributed by atoms with Crippen LogP contribution in [0.25, 0.3) is 0 Å². The zero-order chi connectivity index (χ0) is 3.98. The molecule has 0 radical (unpaired) electrons. The van der Waals surface area contributed by atoms with Crippen LogP contribution in [0.2, 0.25) is 0 Å². The van der Waals surface area contributed by atoms with E-state index in [1.807, 2.05) is 11.8 Å². The second-order valence-corrected chi connectivity index (χ2v) is 3.03. The van der Waals surface area contributed by atoms with Crippen LogP contribution in [-0.2, 0) is 0 Å². The van der Waals surface area contributed by atoms with Crippen LogP contribution < -0.4 is 0 Å². The lowest BCUT2D eigenvalue weighted by Gasteiger charge is -1.56. The molecule has 1 aromatic rings. The Hall–Kier alpha value is 0.0500. The molecule has 2 rings (SSSR count). The fourth-order valence-electron chi connectivity index (χ4n) is 0.415. The van der Waals surface area contributed by atoms with Crippen LogP contribution >= 0.6 is 23.1 Å². The third-order valence-corrected chi connectivity index (χ3v) is 2.72. The molecule has 0 bridgehead atoms. The third-order valence-electron chi connectivity index (χ3n) is 0.771. The van der Waals surface area contributed by atoms with Gasteiger partial charge in [0.05, 0.1) is 0 Å². The first-order valence-electron chi connectivity index (χ1n) is 1.71. The maximum absolute atomic E-state index is 2.18. The minimum absolute atomic E-state index is 1.49.